The van der Waals surface area contributed by atoms with Crippen molar-refractivity contribution < 1.29 is 4.39 Å². The molecule has 0 amide bonds. The molecule has 0 fully saturated rings. The zero-order valence-corrected chi connectivity index (χ0v) is 11.7. The summed E-state index contributed by atoms with van der Waals surface area (Å²) < 4.78 is 12.6. The van der Waals surface area contributed by atoms with Crippen LogP contribution in [0.2, 0.25) is 0 Å². The van der Waals surface area contributed by atoms with Gasteiger partial charge in [0.15, 0.2) is 5.96 Å². The van der Waals surface area contributed by atoms with Gasteiger partial charge in [-0.25, -0.2) is 14.4 Å². The smallest absolute Gasteiger partial charge is 0.194 e. The Labute approximate surface area is 120 Å². The molecule has 0 saturated heterocycles. The van der Waals surface area contributed by atoms with Gasteiger partial charge in [0.1, 0.15) is 11.6 Å². The van der Waals surface area contributed by atoms with E-state index >= 15 is 0 Å². The van der Waals surface area contributed by atoms with Crippen LogP contribution in [0.25, 0.3) is 0 Å². The highest BCUT2D eigenvalue weighted by Crippen LogP contribution is 2.01. The zero-order chi connectivity index (χ0) is 12.8. The number of hydrogen-bond acceptors (Lipinski definition) is 3. The second kappa shape index (κ2) is 7.42. The summed E-state index contributed by atoms with van der Waals surface area (Å²) in [6.07, 6.45) is 2.80. The molecule has 0 bridgehead atoms. The zero-order valence-electron chi connectivity index (χ0n) is 9.95. The predicted octanol–water partition coefficient (Wildman–Crippen LogP) is 2.12. The van der Waals surface area contributed by atoms with Crippen LogP contribution in [0, 0.1) is 5.82 Å². The van der Waals surface area contributed by atoms with Gasteiger partial charge in [0, 0.05) is 6.20 Å². The molecule has 0 aliphatic heterocycles. The Morgan fingerprint density at radius 3 is 2.74 bits per heavy atom. The Morgan fingerprint density at radius 1 is 1.26 bits per heavy atom. The monoisotopic (exact) mass is 325 g/mol. The lowest BCUT2D eigenvalue weighted by Crippen LogP contribution is -2.23. The number of guanidine groups is 1. The van der Waals surface area contributed by atoms with Crippen LogP contribution in [-0.4, -0.2) is 15.9 Å². The number of nitrogens with two attached hydrogens (primary N) is 1. The van der Waals surface area contributed by atoms with Gasteiger partial charge in [0.05, 0.1) is 18.4 Å². The summed E-state index contributed by atoms with van der Waals surface area (Å²) in [7, 11) is 0. The minimum atomic E-state index is -0.373. The van der Waals surface area contributed by atoms with Gasteiger partial charge in [-0.2, -0.15) is 0 Å². The summed E-state index contributed by atoms with van der Waals surface area (Å²) in [6.45, 7) is 0.284. The van der Waals surface area contributed by atoms with E-state index in [9.17, 15) is 4.39 Å². The van der Waals surface area contributed by atoms with E-state index in [1.165, 1.54) is 6.07 Å². The van der Waals surface area contributed by atoms with Crippen LogP contribution in [0.15, 0.2) is 47.7 Å². The highest BCUT2D eigenvalue weighted by Gasteiger charge is 1.97. The summed E-state index contributed by atoms with van der Waals surface area (Å²) in [5, 5.41) is 2.84. The maximum atomic E-state index is 12.6. The van der Waals surface area contributed by atoms with Crippen LogP contribution in [0.4, 0.5) is 10.2 Å². The van der Waals surface area contributed by atoms with Crippen molar-refractivity contribution >= 4 is 28.8 Å². The number of nitrogens with zero attached hydrogens (tertiary/aromatic N) is 3. The third-order valence-electron chi connectivity index (χ3n) is 2.12. The lowest BCUT2D eigenvalue weighted by Gasteiger charge is -2.03. The molecule has 0 aliphatic rings. The first-order valence-corrected chi connectivity index (χ1v) is 5.32. The molecule has 2 aromatic heterocycles. The molecule has 2 rings (SSSR count). The van der Waals surface area contributed by atoms with Crippen LogP contribution < -0.4 is 11.1 Å². The van der Waals surface area contributed by atoms with Gasteiger partial charge < -0.3 is 11.1 Å². The molecular formula is C12H13BrFN5. The number of aliphatic imine (C=N–C) groups is 1. The lowest BCUT2D eigenvalue weighted by molar-refractivity contribution is 0.619. The maximum Gasteiger partial charge on any atom is 0.194 e. The van der Waals surface area contributed by atoms with Crippen LogP contribution in [0.3, 0.4) is 0 Å². The minimum absolute atomic E-state index is 0. The summed E-state index contributed by atoms with van der Waals surface area (Å²) in [6, 6.07) is 8.32. The quantitative estimate of drug-likeness (QED) is 0.669. The molecule has 2 aromatic rings. The predicted molar refractivity (Wildman–Crippen MR) is 77.7 cm³/mol. The van der Waals surface area contributed by atoms with Gasteiger partial charge in [-0.05, 0) is 24.3 Å². The van der Waals surface area contributed by atoms with Crippen molar-refractivity contribution in [2.45, 2.75) is 6.54 Å². The molecule has 0 atom stereocenters. The van der Waals surface area contributed by atoms with E-state index in [1.54, 1.807) is 24.4 Å². The molecule has 0 aromatic carbocycles. The average molecular weight is 326 g/mol. The summed E-state index contributed by atoms with van der Waals surface area (Å²) >= 11 is 0. The van der Waals surface area contributed by atoms with Gasteiger partial charge in [-0.1, -0.05) is 6.07 Å². The highest BCUT2D eigenvalue weighted by molar-refractivity contribution is 8.93. The van der Waals surface area contributed by atoms with E-state index in [0.29, 0.717) is 11.5 Å². The van der Waals surface area contributed by atoms with E-state index in [1.807, 2.05) is 6.07 Å². The first kappa shape index (κ1) is 15.0. The number of hydrogen-bond donors (Lipinski definition) is 2. The van der Waals surface area contributed by atoms with Crippen molar-refractivity contribution in [3.63, 3.8) is 0 Å². The third-order valence-corrected chi connectivity index (χ3v) is 2.12. The van der Waals surface area contributed by atoms with Gasteiger partial charge in [0.2, 0.25) is 0 Å². The van der Waals surface area contributed by atoms with Gasteiger partial charge in [-0.15, -0.1) is 17.0 Å². The molecule has 0 unspecified atom stereocenters. The van der Waals surface area contributed by atoms with Crippen LogP contribution in [0.5, 0.6) is 0 Å². The number of aromatic nitrogens is 2. The van der Waals surface area contributed by atoms with Crippen molar-refractivity contribution in [2.75, 3.05) is 5.32 Å². The highest BCUT2D eigenvalue weighted by atomic mass is 79.9. The Balaban J connectivity index is 0.00000180. The standard InChI is InChI=1S/C12H12FN5.BrH/c13-9-4-5-10(16-7-9)8-17-12(14)18-11-3-1-2-6-15-11;/h1-7H,8H2,(H3,14,15,17,18);1H. The van der Waals surface area contributed by atoms with E-state index in [-0.39, 0.29) is 35.3 Å². The van der Waals surface area contributed by atoms with Crippen molar-refractivity contribution in [1.29, 1.82) is 0 Å². The van der Waals surface area contributed by atoms with Gasteiger partial charge in [0.25, 0.3) is 0 Å². The van der Waals surface area contributed by atoms with E-state index in [0.717, 1.165) is 6.20 Å². The molecule has 5 nitrogen and oxygen atoms in total. The Bertz CT molecular complexity index is 530. The fourth-order valence-corrected chi connectivity index (χ4v) is 1.27. The Kier molecular flexibility index (Phi) is 5.87. The molecule has 100 valence electrons. The van der Waals surface area contributed by atoms with Crippen LogP contribution in [-0.2, 0) is 6.54 Å². The lowest BCUT2D eigenvalue weighted by atomic mass is 10.3. The maximum absolute atomic E-state index is 12.6. The van der Waals surface area contributed by atoms with Gasteiger partial charge in [-0.3, -0.25) is 4.98 Å². The fraction of sp³-hybridized carbons (Fsp3) is 0.0833. The molecule has 0 spiro atoms. The minimum Gasteiger partial charge on any atom is -0.370 e. The first-order chi connectivity index (χ1) is 8.74. The van der Waals surface area contributed by atoms with Gasteiger partial charge >= 0.3 is 0 Å². The summed E-state index contributed by atoms with van der Waals surface area (Å²) in [5.74, 6) is 0.480. The molecule has 0 radical (unpaired) electrons. The largest absolute Gasteiger partial charge is 0.370 e. The Morgan fingerprint density at radius 2 is 2.11 bits per heavy atom. The SMILES string of the molecule is Br.NC(=NCc1ccc(F)cn1)Nc1ccccn1. The number of rotatable bonds is 3. The number of halogens is 2. The summed E-state index contributed by atoms with van der Waals surface area (Å²) in [5.41, 5.74) is 6.32. The van der Waals surface area contributed by atoms with Crippen LogP contribution >= 0.6 is 17.0 Å². The normalized spacial score (nSPS) is 10.7. The van der Waals surface area contributed by atoms with Crippen molar-refractivity contribution in [3.05, 3.63) is 54.2 Å². The number of pyridine rings is 2. The van der Waals surface area contributed by atoms with E-state index < -0.39 is 0 Å². The number of nitrogens with one attached hydrogen (secondary N) is 1. The van der Waals surface area contributed by atoms with Crippen molar-refractivity contribution in [2.24, 2.45) is 10.7 Å². The molecule has 3 N–H and O–H groups in total. The average Bonchev–Trinajstić information content (AvgIpc) is 2.39. The fourth-order valence-electron chi connectivity index (χ4n) is 1.27. The molecule has 2 heterocycles. The molecule has 7 heteroatoms. The third kappa shape index (κ3) is 5.01. The second-order valence-corrected chi connectivity index (χ2v) is 3.51. The summed E-state index contributed by atoms with van der Waals surface area (Å²) in [4.78, 5) is 12.0. The Hall–Kier alpha value is -2.02. The first-order valence-electron chi connectivity index (χ1n) is 5.32. The number of anilines is 1. The topological polar surface area (TPSA) is 76.2 Å². The molecule has 0 saturated carbocycles. The van der Waals surface area contributed by atoms with E-state index in [4.69, 9.17) is 5.73 Å². The molecule has 19 heavy (non-hydrogen) atoms. The van der Waals surface area contributed by atoms with Crippen LogP contribution in [0.1, 0.15) is 5.69 Å². The van der Waals surface area contributed by atoms with E-state index in [2.05, 4.69) is 20.3 Å². The van der Waals surface area contributed by atoms with Crippen molar-refractivity contribution in [1.82, 2.24) is 9.97 Å². The molecular weight excluding hydrogens is 313 g/mol. The second-order valence-electron chi connectivity index (χ2n) is 3.51. The molecule has 0 aliphatic carbocycles. The van der Waals surface area contributed by atoms with Crippen molar-refractivity contribution in [3.8, 4) is 0 Å².